The molecule has 0 saturated heterocycles. The third kappa shape index (κ3) is 6.20. The van der Waals surface area contributed by atoms with Gasteiger partial charge in [-0.05, 0) is 38.8 Å². The molecule has 0 spiro atoms. The molecule has 0 heterocycles. The van der Waals surface area contributed by atoms with E-state index >= 15 is 0 Å². The molecule has 0 aliphatic rings. The number of aryl methyl sites for hydroxylation is 1. The standard InChI is InChI=1S/C22H27FN2O2/c1-16(2)24-22(27)17(3)25(15-19-11-7-8-12-20(19)23)21(26)14-13-18-9-5-4-6-10-18/h4-12,16-17H,13-15H2,1-3H3,(H,24,27). The predicted octanol–water partition coefficient (Wildman–Crippen LogP) is 3.70. The van der Waals surface area contributed by atoms with Crippen LogP contribution < -0.4 is 5.32 Å². The van der Waals surface area contributed by atoms with Gasteiger partial charge in [0.15, 0.2) is 0 Å². The maximum absolute atomic E-state index is 14.1. The first kappa shape index (κ1) is 20.6. The number of hydrogen-bond acceptors (Lipinski definition) is 2. The van der Waals surface area contributed by atoms with E-state index in [1.165, 1.54) is 11.0 Å². The van der Waals surface area contributed by atoms with E-state index in [1.54, 1.807) is 25.1 Å². The Morgan fingerprint density at radius 3 is 2.26 bits per heavy atom. The zero-order valence-corrected chi connectivity index (χ0v) is 16.1. The SMILES string of the molecule is CC(C)NC(=O)C(C)N(Cc1ccccc1F)C(=O)CCc1ccccc1. The van der Waals surface area contributed by atoms with E-state index in [1.807, 2.05) is 44.2 Å². The minimum absolute atomic E-state index is 0.0327. The molecule has 1 atom stereocenters. The normalized spacial score (nSPS) is 11.9. The Morgan fingerprint density at radius 1 is 1.00 bits per heavy atom. The van der Waals surface area contributed by atoms with Crippen LogP contribution in [0.1, 0.15) is 38.3 Å². The molecule has 2 rings (SSSR count). The zero-order valence-electron chi connectivity index (χ0n) is 16.1. The number of hydrogen-bond donors (Lipinski definition) is 1. The Hall–Kier alpha value is -2.69. The first-order chi connectivity index (χ1) is 12.9. The molecule has 0 fully saturated rings. The van der Waals surface area contributed by atoms with Crippen molar-refractivity contribution in [2.75, 3.05) is 0 Å². The van der Waals surface area contributed by atoms with Crippen molar-refractivity contribution in [3.05, 3.63) is 71.5 Å². The predicted molar refractivity (Wildman–Crippen MR) is 104 cm³/mol. The van der Waals surface area contributed by atoms with E-state index in [0.717, 1.165) is 5.56 Å². The number of carbonyl (C=O) groups is 2. The average molecular weight is 370 g/mol. The van der Waals surface area contributed by atoms with Gasteiger partial charge in [-0.15, -0.1) is 0 Å². The Labute approximate surface area is 160 Å². The van der Waals surface area contributed by atoms with Gasteiger partial charge in [0.25, 0.3) is 0 Å². The number of nitrogens with zero attached hydrogens (tertiary/aromatic N) is 1. The summed E-state index contributed by atoms with van der Waals surface area (Å²) in [5, 5.41) is 2.83. The molecule has 0 aliphatic carbocycles. The van der Waals surface area contributed by atoms with E-state index in [9.17, 15) is 14.0 Å². The fraction of sp³-hybridized carbons (Fsp3) is 0.364. The quantitative estimate of drug-likeness (QED) is 0.770. The monoisotopic (exact) mass is 370 g/mol. The van der Waals surface area contributed by atoms with Crippen LogP contribution in [0.4, 0.5) is 4.39 Å². The molecular formula is C22H27FN2O2. The van der Waals surface area contributed by atoms with E-state index in [4.69, 9.17) is 0 Å². The van der Waals surface area contributed by atoms with Crippen molar-refractivity contribution in [3.63, 3.8) is 0 Å². The van der Waals surface area contributed by atoms with E-state index in [2.05, 4.69) is 5.32 Å². The fourth-order valence-corrected chi connectivity index (χ4v) is 2.84. The van der Waals surface area contributed by atoms with Crippen molar-refractivity contribution < 1.29 is 14.0 Å². The third-order valence-corrected chi connectivity index (χ3v) is 4.37. The van der Waals surface area contributed by atoms with Gasteiger partial charge in [0, 0.05) is 24.6 Å². The van der Waals surface area contributed by atoms with Crippen LogP contribution in [-0.2, 0) is 22.6 Å². The first-order valence-corrected chi connectivity index (χ1v) is 9.25. The highest BCUT2D eigenvalue weighted by molar-refractivity contribution is 5.87. The molecule has 4 nitrogen and oxygen atoms in total. The number of rotatable bonds is 8. The van der Waals surface area contributed by atoms with Gasteiger partial charge in [0.2, 0.25) is 11.8 Å². The number of carbonyl (C=O) groups excluding carboxylic acids is 2. The molecule has 144 valence electrons. The highest BCUT2D eigenvalue weighted by Crippen LogP contribution is 2.15. The number of nitrogens with one attached hydrogen (secondary N) is 1. The van der Waals surface area contributed by atoms with Gasteiger partial charge < -0.3 is 10.2 Å². The summed E-state index contributed by atoms with van der Waals surface area (Å²) < 4.78 is 14.1. The molecular weight excluding hydrogens is 343 g/mol. The average Bonchev–Trinajstić information content (AvgIpc) is 2.65. The number of amides is 2. The van der Waals surface area contributed by atoms with E-state index in [0.29, 0.717) is 12.0 Å². The van der Waals surface area contributed by atoms with Gasteiger partial charge in [-0.25, -0.2) is 4.39 Å². The second-order valence-corrected chi connectivity index (χ2v) is 6.94. The van der Waals surface area contributed by atoms with E-state index in [-0.39, 0.29) is 36.6 Å². The molecule has 2 aromatic carbocycles. The topological polar surface area (TPSA) is 49.4 Å². The van der Waals surface area contributed by atoms with Gasteiger partial charge in [-0.3, -0.25) is 9.59 Å². The Kier molecular flexibility index (Phi) is 7.53. The summed E-state index contributed by atoms with van der Waals surface area (Å²) in [4.78, 5) is 26.8. The van der Waals surface area contributed by atoms with Gasteiger partial charge >= 0.3 is 0 Å². The summed E-state index contributed by atoms with van der Waals surface area (Å²) in [6, 6.07) is 15.3. The molecule has 2 amide bonds. The van der Waals surface area contributed by atoms with Crippen LogP contribution in [0.5, 0.6) is 0 Å². The Bertz CT molecular complexity index is 762. The van der Waals surface area contributed by atoms with Gasteiger partial charge in [0.05, 0.1) is 0 Å². The van der Waals surface area contributed by atoms with Crippen molar-refractivity contribution >= 4 is 11.8 Å². The third-order valence-electron chi connectivity index (χ3n) is 4.37. The lowest BCUT2D eigenvalue weighted by Gasteiger charge is -2.29. The zero-order chi connectivity index (χ0) is 19.8. The highest BCUT2D eigenvalue weighted by atomic mass is 19.1. The summed E-state index contributed by atoms with van der Waals surface area (Å²) in [5.74, 6) is -0.794. The minimum Gasteiger partial charge on any atom is -0.352 e. The first-order valence-electron chi connectivity index (χ1n) is 9.25. The lowest BCUT2D eigenvalue weighted by molar-refractivity contribution is -0.140. The van der Waals surface area contributed by atoms with Crippen LogP contribution in [0.3, 0.4) is 0 Å². The van der Waals surface area contributed by atoms with Crippen molar-refractivity contribution in [1.29, 1.82) is 0 Å². The molecule has 0 saturated carbocycles. The largest absolute Gasteiger partial charge is 0.352 e. The van der Waals surface area contributed by atoms with Crippen molar-refractivity contribution in [1.82, 2.24) is 10.2 Å². The summed E-state index contributed by atoms with van der Waals surface area (Å²) in [6.45, 7) is 5.47. The van der Waals surface area contributed by atoms with Crippen LogP contribution in [0.2, 0.25) is 0 Å². The summed E-state index contributed by atoms with van der Waals surface area (Å²) in [5.41, 5.74) is 1.45. The molecule has 5 heteroatoms. The minimum atomic E-state index is -0.685. The molecule has 27 heavy (non-hydrogen) atoms. The number of halogens is 1. The van der Waals surface area contributed by atoms with Crippen LogP contribution >= 0.6 is 0 Å². The number of benzene rings is 2. The van der Waals surface area contributed by atoms with Crippen LogP contribution in [-0.4, -0.2) is 28.8 Å². The summed E-state index contributed by atoms with van der Waals surface area (Å²) in [7, 11) is 0. The maximum Gasteiger partial charge on any atom is 0.242 e. The Morgan fingerprint density at radius 2 is 1.63 bits per heavy atom. The molecule has 0 aliphatic heterocycles. The summed E-state index contributed by atoms with van der Waals surface area (Å²) in [6.07, 6.45) is 0.837. The van der Waals surface area contributed by atoms with Crippen LogP contribution in [0.25, 0.3) is 0 Å². The summed E-state index contributed by atoms with van der Waals surface area (Å²) >= 11 is 0. The second kappa shape index (κ2) is 9.86. The van der Waals surface area contributed by atoms with E-state index < -0.39 is 6.04 Å². The molecule has 0 aromatic heterocycles. The smallest absolute Gasteiger partial charge is 0.242 e. The van der Waals surface area contributed by atoms with Gasteiger partial charge in [0.1, 0.15) is 11.9 Å². The van der Waals surface area contributed by atoms with Crippen LogP contribution in [0, 0.1) is 5.82 Å². The highest BCUT2D eigenvalue weighted by Gasteiger charge is 2.26. The fourth-order valence-electron chi connectivity index (χ4n) is 2.84. The maximum atomic E-state index is 14.1. The second-order valence-electron chi connectivity index (χ2n) is 6.94. The molecule has 1 N–H and O–H groups in total. The molecule has 2 aromatic rings. The Balaban J connectivity index is 2.15. The van der Waals surface area contributed by atoms with Crippen molar-refractivity contribution in [2.45, 2.75) is 52.2 Å². The van der Waals surface area contributed by atoms with Crippen molar-refractivity contribution in [2.24, 2.45) is 0 Å². The van der Waals surface area contributed by atoms with Gasteiger partial charge in [-0.1, -0.05) is 48.5 Å². The lowest BCUT2D eigenvalue weighted by atomic mass is 10.1. The van der Waals surface area contributed by atoms with Crippen molar-refractivity contribution in [3.8, 4) is 0 Å². The van der Waals surface area contributed by atoms with Gasteiger partial charge in [-0.2, -0.15) is 0 Å². The lowest BCUT2D eigenvalue weighted by Crippen LogP contribution is -2.49. The van der Waals surface area contributed by atoms with Crippen LogP contribution in [0.15, 0.2) is 54.6 Å². The molecule has 0 radical (unpaired) electrons. The molecule has 1 unspecified atom stereocenters. The molecule has 0 bridgehead atoms.